The van der Waals surface area contributed by atoms with Gasteiger partial charge < -0.3 is 24.7 Å². The number of aromatic nitrogens is 1. The van der Waals surface area contributed by atoms with Crippen molar-refractivity contribution in [2.45, 2.75) is 25.8 Å². The molecule has 1 fully saturated rings. The average molecular weight is 373 g/mol. The molecule has 0 amide bonds. The summed E-state index contributed by atoms with van der Waals surface area (Å²) in [5, 5.41) is 8.03. The number of nitrogens with one attached hydrogen (secondary N) is 2. The molecule has 2 heterocycles. The smallest absolute Gasteiger partial charge is 0.190 e. The summed E-state index contributed by atoms with van der Waals surface area (Å²) in [6, 6.07) is 10.7. The highest BCUT2D eigenvalue weighted by Gasteiger charge is 2.15. The van der Waals surface area contributed by atoms with Gasteiger partial charge in [-0.25, -0.2) is 0 Å². The maximum absolute atomic E-state index is 5.72. The molecule has 0 radical (unpaired) electrons. The summed E-state index contributed by atoms with van der Waals surface area (Å²) in [6.07, 6.45) is 5.32. The Morgan fingerprint density at radius 3 is 2.89 bits per heavy atom. The quantitative estimate of drug-likeness (QED) is 0.382. The normalized spacial score (nSPS) is 17.5. The number of fused-ring (bicyclic) bond motifs is 1. The zero-order valence-corrected chi connectivity index (χ0v) is 16.3. The molecule has 1 aromatic carbocycles. The van der Waals surface area contributed by atoms with Crippen LogP contribution in [0.1, 0.15) is 19.3 Å². The summed E-state index contributed by atoms with van der Waals surface area (Å²) in [5.41, 5.74) is 1.30. The van der Waals surface area contributed by atoms with Gasteiger partial charge in [-0.3, -0.25) is 4.99 Å². The Morgan fingerprint density at radius 1 is 1.22 bits per heavy atom. The third-order valence-electron chi connectivity index (χ3n) is 4.91. The van der Waals surface area contributed by atoms with E-state index in [1.54, 1.807) is 0 Å². The molecule has 2 aromatic rings. The SMILES string of the molecule is CN=C(NCCCOCC1CCOC1)NCCCn1ccc2ccccc21. The van der Waals surface area contributed by atoms with Crippen LogP contribution < -0.4 is 10.6 Å². The van der Waals surface area contributed by atoms with Gasteiger partial charge in [0.2, 0.25) is 0 Å². The number of aryl methyl sites for hydroxylation is 1. The van der Waals surface area contributed by atoms with Crippen molar-refractivity contribution in [1.29, 1.82) is 0 Å². The minimum absolute atomic E-state index is 0.588. The van der Waals surface area contributed by atoms with E-state index in [4.69, 9.17) is 9.47 Å². The lowest BCUT2D eigenvalue weighted by Crippen LogP contribution is -2.38. The molecule has 148 valence electrons. The van der Waals surface area contributed by atoms with Crippen molar-refractivity contribution >= 4 is 16.9 Å². The molecule has 3 rings (SSSR count). The predicted octanol–water partition coefficient (Wildman–Crippen LogP) is 2.64. The van der Waals surface area contributed by atoms with Gasteiger partial charge in [-0.05, 0) is 36.8 Å². The van der Waals surface area contributed by atoms with E-state index in [-0.39, 0.29) is 0 Å². The van der Waals surface area contributed by atoms with Crippen LogP contribution in [0.25, 0.3) is 10.9 Å². The Morgan fingerprint density at radius 2 is 2.07 bits per heavy atom. The molecule has 2 N–H and O–H groups in total. The minimum Gasteiger partial charge on any atom is -0.381 e. The van der Waals surface area contributed by atoms with E-state index in [2.05, 4.69) is 56.7 Å². The fraction of sp³-hybridized carbons (Fsp3) is 0.571. The number of para-hydroxylation sites is 1. The van der Waals surface area contributed by atoms with Crippen LogP contribution in [0.5, 0.6) is 0 Å². The van der Waals surface area contributed by atoms with E-state index in [9.17, 15) is 0 Å². The first-order valence-electron chi connectivity index (χ1n) is 10.0. The second-order valence-corrected chi connectivity index (χ2v) is 7.01. The van der Waals surface area contributed by atoms with Crippen LogP contribution in [0.15, 0.2) is 41.5 Å². The van der Waals surface area contributed by atoms with Gasteiger partial charge in [-0.2, -0.15) is 0 Å². The second kappa shape index (κ2) is 10.9. The Balaban J connectivity index is 1.24. The molecule has 0 bridgehead atoms. The molecule has 1 aliphatic rings. The first-order chi connectivity index (χ1) is 13.4. The van der Waals surface area contributed by atoms with Crippen molar-refractivity contribution in [2.75, 3.05) is 46.6 Å². The summed E-state index contributed by atoms with van der Waals surface area (Å²) in [7, 11) is 1.81. The third kappa shape index (κ3) is 6.26. The number of aliphatic imine (C=N–C) groups is 1. The molecule has 6 heteroatoms. The van der Waals surface area contributed by atoms with Gasteiger partial charge in [0, 0.05) is 57.5 Å². The molecule has 0 spiro atoms. The zero-order chi connectivity index (χ0) is 18.7. The highest BCUT2D eigenvalue weighted by molar-refractivity contribution is 5.80. The molecule has 1 saturated heterocycles. The number of guanidine groups is 1. The van der Waals surface area contributed by atoms with Crippen molar-refractivity contribution in [3.05, 3.63) is 36.5 Å². The van der Waals surface area contributed by atoms with E-state index in [1.165, 1.54) is 10.9 Å². The van der Waals surface area contributed by atoms with Crippen LogP contribution in [-0.2, 0) is 16.0 Å². The van der Waals surface area contributed by atoms with E-state index >= 15 is 0 Å². The molecule has 27 heavy (non-hydrogen) atoms. The van der Waals surface area contributed by atoms with E-state index in [0.29, 0.717) is 5.92 Å². The predicted molar refractivity (Wildman–Crippen MR) is 110 cm³/mol. The number of benzene rings is 1. The van der Waals surface area contributed by atoms with E-state index in [0.717, 1.165) is 71.3 Å². The lowest BCUT2D eigenvalue weighted by atomic mass is 10.1. The molecule has 0 aliphatic carbocycles. The summed E-state index contributed by atoms with van der Waals surface area (Å²) in [5.74, 6) is 1.45. The summed E-state index contributed by atoms with van der Waals surface area (Å²) >= 11 is 0. The van der Waals surface area contributed by atoms with E-state index in [1.807, 2.05) is 7.05 Å². The molecule has 0 saturated carbocycles. The average Bonchev–Trinajstić information content (AvgIpc) is 3.36. The Kier molecular flexibility index (Phi) is 7.99. The van der Waals surface area contributed by atoms with Crippen molar-refractivity contribution in [3.63, 3.8) is 0 Å². The van der Waals surface area contributed by atoms with Crippen molar-refractivity contribution in [1.82, 2.24) is 15.2 Å². The molecule has 1 atom stereocenters. The first-order valence-corrected chi connectivity index (χ1v) is 10.0. The monoisotopic (exact) mass is 372 g/mol. The minimum atomic E-state index is 0.588. The van der Waals surface area contributed by atoms with Gasteiger partial charge in [0.1, 0.15) is 0 Å². The molecular weight excluding hydrogens is 340 g/mol. The molecule has 1 unspecified atom stereocenters. The first kappa shape index (κ1) is 19.7. The Labute approximate surface area is 161 Å². The number of hydrogen-bond donors (Lipinski definition) is 2. The van der Waals surface area contributed by atoms with Crippen LogP contribution in [0.4, 0.5) is 0 Å². The number of hydrogen-bond acceptors (Lipinski definition) is 3. The van der Waals surface area contributed by atoms with Crippen LogP contribution in [0.2, 0.25) is 0 Å². The van der Waals surface area contributed by atoms with Crippen molar-refractivity contribution in [2.24, 2.45) is 10.9 Å². The standard InChI is InChI=1S/C21H32N4O2/c1-22-21(24-11-5-14-26-16-18-9-15-27-17-18)23-10-4-12-25-13-8-19-6-2-3-7-20(19)25/h2-3,6-8,13,18H,4-5,9-12,14-17H2,1H3,(H2,22,23,24). The van der Waals surface area contributed by atoms with Gasteiger partial charge in [0.15, 0.2) is 5.96 Å². The molecule has 6 nitrogen and oxygen atoms in total. The van der Waals surface area contributed by atoms with Gasteiger partial charge >= 0.3 is 0 Å². The van der Waals surface area contributed by atoms with Gasteiger partial charge in [0.25, 0.3) is 0 Å². The third-order valence-corrected chi connectivity index (χ3v) is 4.91. The fourth-order valence-corrected chi connectivity index (χ4v) is 3.36. The van der Waals surface area contributed by atoms with Crippen molar-refractivity contribution in [3.8, 4) is 0 Å². The molecule has 1 aromatic heterocycles. The molecular formula is C21H32N4O2. The van der Waals surface area contributed by atoms with Crippen LogP contribution >= 0.6 is 0 Å². The number of ether oxygens (including phenoxy) is 2. The zero-order valence-electron chi connectivity index (χ0n) is 16.3. The highest BCUT2D eigenvalue weighted by Crippen LogP contribution is 2.15. The second-order valence-electron chi connectivity index (χ2n) is 7.01. The summed E-state index contributed by atoms with van der Waals surface area (Å²) < 4.78 is 13.4. The van der Waals surface area contributed by atoms with Crippen LogP contribution in [0, 0.1) is 5.92 Å². The van der Waals surface area contributed by atoms with Crippen LogP contribution in [-0.4, -0.2) is 57.1 Å². The van der Waals surface area contributed by atoms with Gasteiger partial charge in [0.05, 0.1) is 13.2 Å². The van der Waals surface area contributed by atoms with E-state index < -0.39 is 0 Å². The molecule has 1 aliphatic heterocycles. The van der Waals surface area contributed by atoms with Crippen LogP contribution in [0.3, 0.4) is 0 Å². The highest BCUT2D eigenvalue weighted by atomic mass is 16.5. The largest absolute Gasteiger partial charge is 0.381 e. The van der Waals surface area contributed by atoms with Crippen molar-refractivity contribution < 1.29 is 9.47 Å². The lowest BCUT2D eigenvalue weighted by molar-refractivity contribution is 0.0888. The Hall–Kier alpha value is -2.05. The summed E-state index contributed by atoms with van der Waals surface area (Å²) in [4.78, 5) is 4.28. The topological polar surface area (TPSA) is 59.8 Å². The Bertz CT molecular complexity index is 707. The van der Waals surface area contributed by atoms with Gasteiger partial charge in [-0.1, -0.05) is 18.2 Å². The number of nitrogens with zero attached hydrogens (tertiary/aromatic N) is 2. The summed E-state index contributed by atoms with van der Waals surface area (Å²) in [6.45, 7) is 6.09. The maximum Gasteiger partial charge on any atom is 0.190 e. The lowest BCUT2D eigenvalue weighted by Gasteiger charge is -2.13. The number of rotatable bonds is 10. The van der Waals surface area contributed by atoms with Gasteiger partial charge in [-0.15, -0.1) is 0 Å². The maximum atomic E-state index is 5.72. The fourth-order valence-electron chi connectivity index (χ4n) is 3.36.